The Morgan fingerprint density at radius 3 is 2.61 bits per heavy atom. The fraction of sp³-hybridized carbons (Fsp3) is 0.312. The highest BCUT2D eigenvalue weighted by Gasteiger charge is 2.23. The number of fused-ring (bicyclic) bond motifs is 1. The molecule has 2 aromatic rings. The molecule has 1 heterocycles. The molecule has 7 heteroatoms. The number of alkyl halides is 2. The highest BCUT2D eigenvalue weighted by molar-refractivity contribution is 5.88. The Hall–Kier alpha value is -2.57. The Bertz CT molecular complexity index is 720. The standard InChI is InChI=1S/C16H15F2N3O2/c1-23-15(22)12-7-19-16(20-8-12)21-13-5-9-2-3-10(14(17)18)4-11(9)6-13/h2-4,7-8,13-14H,5-6H2,1H3,(H,19,20,21). The zero-order valence-electron chi connectivity index (χ0n) is 12.4. The van der Waals surface area contributed by atoms with E-state index in [9.17, 15) is 13.6 Å². The molecule has 1 aliphatic rings. The zero-order valence-corrected chi connectivity index (χ0v) is 12.4. The molecule has 0 fully saturated rings. The molecule has 5 nitrogen and oxygen atoms in total. The highest BCUT2D eigenvalue weighted by Crippen LogP contribution is 2.28. The first kappa shape index (κ1) is 15.3. The van der Waals surface area contributed by atoms with Gasteiger partial charge in [0.05, 0.1) is 12.7 Å². The third-order valence-corrected chi connectivity index (χ3v) is 3.82. The maximum absolute atomic E-state index is 12.7. The topological polar surface area (TPSA) is 64.1 Å². The van der Waals surface area contributed by atoms with Crippen molar-refractivity contribution in [1.29, 1.82) is 0 Å². The number of nitrogens with one attached hydrogen (secondary N) is 1. The van der Waals surface area contributed by atoms with E-state index >= 15 is 0 Å². The van der Waals surface area contributed by atoms with E-state index in [4.69, 9.17) is 0 Å². The van der Waals surface area contributed by atoms with Crippen molar-refractivity contribution in [3.8, 4) is 0 Å². The Morgan fingerprint density at radius 1 is 1.26 bits per heavy atom. The summed E-state index contributed by atoms with van der Waals surface area (Å²) in [5.74, 6) is -0.103. The first-order valence-electron chi connectivity index (χ1n) is 7.13. The minimum Gasteiger partial charge on any atom is -0.465 e. The van der Waals surface area contributed by atoms with E-state index in [2.05, 4.69) is 20.0 Å². The lowest BCUT2D eigenvalue weighted by Gasteiger charge is -2.11. The van der Waals surface area contributed by atoms with E-state index in [0.717, 1.165) is 17.5 Å². The molecule has 1 N–H and O–H groups in total. The van der Waals surface area contributed by atoms with Crippen molar-refractivity contribution in [3.63, 3.8) is 0 Å². The third-order valence-electron chi connectivity index (χ3n) is 3.82. The van der Waals surface area contributed by atoms with Gasteiger partial charge in [-0.1, -0.05) is 12.1 Å². The number of carbonyl (C=O) groups excluding carboxylic acids is 1. The second-order valence-corrected chi connectivity index (χ2v) is 5.37. The summed E-state index contributed by atoms with van der Waals surface area (Å²) in [7, 11) is 1.29. The number of hydrogen-bond acceptors (Lipinski definition) is 5. The van der Waals surface area contributed by atoms with Gasteiger partial charge in [-0.2, -0.15) is 0 Å². The lowest BCUT2D eigenvalue weighted by molar-refractivity contribution is 0.0600. The Morgan fingerprint density at radius 2 is 1.96 bits per heavy atom. The molecule has 0 radical (unpaired) electrons. The van der Waals surface area contributed by atoms with E-state index in [1.165, 1.54) is 25.6 Å². The fourth-order valence-electron chi connectivity index (χ4n) is 2.68. The highest BCUT2D eigenvalue weighted by atomic mass is 19.3. The number of hydrogen-bond donors (Lipinski definition) is 1. The van der Waals surface area contributed by atoms with E-state index in [-0.39, 0.29) is 17.2 Å². The van der Waals surface area contributed by atoms with Crippen LogP contribution in [0.5, 0.6) is 0 Å². The van der Waals surface area contributed by atoms with Gasteiger partial charge in [-0.15, -0.1) is 0 Å². The van der Waals surface area contributed by atoms with Gasteiger partial charge in [-0.25, -0.2) is 23.5 Å². The number of aromatic nitrogens is 2. The van der Waals surface area contributed by atoms with Gasteiger partial charge in [0.2, 0.25) is 5.95 Å². The largest absolute Gasteiger partial charge is 0.465 e. The molecule has 0 amide bonds. The van der Waals surface area contributed by atoms with Crippen molar-refractivity contribution < 1.29 is 18.3 Å². The molecule has 1 aliphatic carbocycles. The number of methoxy groups -OCH3 is 1. The molecular formula is C16H15F2N3O2. The van der Waals surface area contributed by atoms with Crippen LogP contribution in [0.25, 0.3) is 0 Å². The summed E-state index contributed by atoms with van der Waals surface area (Å²) in [5, 5.41) is 3.16. The minimum absolute atomic E-state index is 0.0434. The second-order valence-electron chi connectivity index (χ2n) is 5.37. The van der Waals surface area contributed by atoms with Crippen LogP contribution in [-0.2, 0) is 17.6 Å². The first-order valence-corrected chi connectivity index (χ1v) is 7.13. The van der Waals surface area contributed by atoms with Crippen LogP contribution in [0.1, 0.15) is 33.5 Å². The summed E-state index contributed by atoms with van der Waals surface area (Å²) in [4.78, 5) is 19.5. The normalized spacial score (nSPS) is 16.3. The van der Waals surface area contributed by atoms with Crippen molar-refractivity contribution in [3.05, 3.63) is 52.8 Å². The second kappa shape index (κ2) is 6.28. The molecule has 0 aliphatic heterocycles. The number of anilines is 1. The fourth-order valence-corrected chi connectivity index (χ4v) is 2.68. The summed E-state index contributed by atoms with van der Waals surface area (Å²) in [5.41, 5.74) is 2.29. The SMILES string of the molecule is COC(=O)c1cnc(NC2Cc3ccc(C(F)F)cc3C2)nc1. The van der Waals surface area contributed by atoms with Crippen LogP contribution in [-0.4, -0.2) is 29.1 Å². The average molecular weight is 319 g/mol. The van der Waals surface area contributed by atoms with E-state index in [1.807, 2.05) is 0 Å². The van der Waals surface area contributed by atoms with Crippen molar-refractivity contribution in [2.24, 2.45) is 0 Å². The molecule has 0 spiro atoms. The third kappa shape index (κ3) is 3.28. The molecule has 3 rings (SSSR count). The summed E-state index contributed by atoms with van der Waals surface area (Å²) in [6.45, 7) is 0. The monoisotopic (exact) mass is 319 g/mol. The molecule has 1 atom stereocenters. The molecule has 0 saturated heterocycles. The number of nitrogens with zero attached hydrogens (tertiary/aromatic N) is 2. The number of rotatable bonds is 4. The molecular weight excluding hydrogens is 304 g/mol. The van der Waals surface area contributed by atoms with E-state index < -0.39 is 12.4 Å². The van der Waals surface area contributed by atoms with Gasteiger partial charge < -0.3 is 10.1 Å². The van der Waals surface area contributed by atoms with Crippen LogP contribution in [0.3, 0.4) is 0 Å². The summed E-state index contributed by atoms with van der Waals surface area (Å²) < 4.78 is 30.1. The lowest BCUT2D eigenvalue weighted by Crippen LogP contribution is -2.21. The number of halogens is 2. The van der Waals surface area contributed by atoms with Crippen LogP contribution >= 0.6 is 0 Å². The molecule has 0 saturated carbocycles. The predicted molar refractivity (Wildman–Crippen MR) is 79.6 cm³/mol. The average Bonchev–Trinajstić information content (AvgIpc) is 2.96. The van der Waals surface area contributed by atoms with Crippen LogP contribution < -0.4 is 5.32 Å². The van der Waals surface area contributed by atoms with Crippen molar-refractivity contribution in [1.82, 2.24) is 9.97 Å². The first-order chi connectivity index (χ1) is 11.1. The number of benzene rings is 1. The summed E-state index contributed by atoms with van der Waals surface area (Å²) >= 11 is 0. The lowest BCUT2D eigenvalue weighted by atomic mass is 10.1. The number of ether oxygens (including phenoxy) is 1. The smallest absolute Gasteiger partial charge is 0.341 e. The van der Waals surface area contributed by atoms with Gasteiger partial charge in [0, 0.05) is 24.0 Å². The van der Waals surface area contributed by atoms with Gasteiger partial charge in [-0.3, -0.25) is 0 Å². The van der Waals surface area contributed by atoms with Gasteiger partial charge in [0.15, 0.2) is 0 Å². The van der Waals surface area contributed by atoms with Crippen molar-refractivity contribution in [2.45, 2.75) is 25.3 Å². The number of esters is 1. The van der Waals surface area contributed by atoms with Crippen LogP contribution in [0.4, 0.5) is 14.7 Å². The summed E-state index contributed by atoms with van der Waals surface area (Å²) in [6.07, 6.45) is 1.68. The van der Waals surface area contributed by atoms with Gasteiger partial charge >= 0.3 is 5.97 Å². The Balaban J connectivity index is 1.67. The van der Waals surface area contributed by atoms with Crippen LogP contribution in [0.15, 0.2) is 30.6 Å². The van der Waals surface area contributed by atoms with Gasteiger partial charge in [-0.05, 0) is 30.0 Å². The van der Waals surface area contributed by atoms with Crippen molar-refractivity contribution >= 4 is 11.9 Å². The quantitative estimate of drug-likeness (QED) is 0.878. The molecule has 120 valence electrons. The van der Waals surface area contributed by atoms with Crippen LogP contribution in [0.2, 0.25) is 0 Å². The maximum Gasteiger partial charge on any atom is 0.341 e. The summed E-state index contributed by atoms with van der Waals surface area (Å²) in [6, 6.07) is 4.82. The van der Waals surface area contributed by atoms with E-state index in [0.29, 0.717) is 12.4 Å². The number of carbonyl (C=O) groups is 1. The molecule has 1 unspecified atom stereocenters. The van der Waals surface area contributed by atoms with Gasteiger partial charge in [0.1, 0.15) is 0 Å². The predicted octanol–water partition coefficient (Wildman–Crippen LogP) is 2.78. The molecule has 1 aromatic carbocycles. The maximum atomic E-state index is 12.7. The van der Waals surface area contributed by atoms with Crippen molar-refractivity contribution in [2.75, 3.05) is 12.4 Å². The van der Waals surface area contributed by atoms with Crippen LogP contribution in [0, 0.1) is 0 Å². The Kier molecular flexibility index (Phi) is 4.18. The minimum atomic E-state index is -2.46. The Labute approximate surface area is 131 Å². The van der Waals surface area contributed by atoms with E-state index in [1.54, 1.807) is 12.1 Å². The van der Waals surface area contributed by atoms with Gasteiger partial charge in [0.25, 0.3) is 6.43 Å². The molecule has 23 heavy (non-hydrogen) atoms. The molecule has 0 bridgehead atoms. The molecule has 1 aromatic heterocycles. The zero-order chi connectivity index (χ0) is 16.4.